The summed E-state index contributed by atoms with van der Waals surface area (Å²) < 4.78 is 0. The summed E-state index contributed by atoms with van der Waals surface area (Å²) in [5.74, 6) is -0.0451. The first-order chi connectivity index (χ1) is 5.77. The Kier molecular flexibility index (Phi) is 1.75. The lowest BCUT2D eigenvalue weighted by Crippen LogP contribution is -2.41. The van der Waals surface area contributed by atoms with Gasteiger partial charge in [0.05, 0.1) is 12.1 Å². The molecule has 0 bridgehead atoms. The Labute approximate surface area is 71.2 Å². The smallest absolute Gasteiger partial charge is 0.283 e. The number of amidine groups is 1. The number of nitrogens with one attached hydrogen (secondary N) is 1. The third kappa shape index (κ3) is 1.17. The molecule has 1 aliphatic heterocycles. The van der Waals surface area contributed by atoms with Gasteiger partial charge in [0.25, 0.3) is 5.91 Å². The highest BCUT2D eigenvalue weighted by Crippen LogP contribution is 2.24. The van der Waals surface area contributed by atoms with Gasteiger partial charge >= 0.3 is 0 Å². The number of nitrogens with zero attached hydrogens (tertiary/aromatic N) is 1. The zero-order valence-electron chi connectivity index (χ0n) is 6.92. The number of hydrogen-bond acceptors (Lipinski definition) is 3. The molecule has 2 aliphatic rings. The number of nitrogens with two attached hydrogens (primary N) is 1. The minimum Gasteiger partial charge on any atom is -0.363 e. The van der Waals surface area contributed by atoms with Crippen LogP contribution >= 0.6 is 0 Å². The van der Waals surface area contributed by atoms with Gasteiger partial charge in [-0.15, -0.1) is 0 Å². The molecule has 4 heteroatoms. The van der Waals surface area contributed by atoms with Crippen LogP contribution in [0.2, 0.25) is 0 Å². The Balaban J connectivity index is 2.09. The molecule has 12 heavy (non-hydrogen) atoms. The van der Waals surface area contributed by atoms with Crippen molar-refractivity contribution in [3.8, 4) is 0 Å². The van der Waals surface area contributed by atoms with Gasteiger partial charge < -0.3 is 11.1 Å². The van der Waals surface area contributed by atoms with Crippen molar-refractivity contribution in [1.29, 1.82) is 0 Å². The number of carbonyl (C=O) groups excluding carboxylic acids is 1. The maximum atomic E-state index is 10.8. The zero-order valence-corrected chi connectivity index (χ0v) is 6.92. The number of aliphatic imine (C=N–C) groups is 1. The van der Waals surface area contributed by atoms with Gasteiger partial charge in [0.15, 0.2) is 5.84 Å². The predicted molar refractivity (Wildman–Crippen MR) is 45.8 cm³/mol. The van der Waals surface area contributed by atoms with Crippen LogP contribution in [0.1, 0.15) is 25.7 Å². The number of hydrogen-bond donors (Lipinski definition) is 2. The first-order valence-electron chi connectivity index (χ1n) is 4.41. The molecule has 3 N–H and O–H groups in total. The van der Waals surface area contributed by atoms with E-state index >= 15 is 0 Å². The molecular weight excluding hydrogens is 154 g/mol. The van der Waals surface area contributed by atoms with Gasteiger partial charge in [-0.2, -0.15) is 0 Å². The normalized spacial score (nSPS) is 33.5. The second-order valence-electron chi connectivity index (χ2n) is 3.44. The molecule has 0 radical (unpaired) electrons. The number of fused-ring (bicyclic) bond motifs is 1. The SMILES string of the molecule is NC(=O)C1=NC2CCCCC2N1. The fourth-order valence-electron chi connectivity index (χ4n) is 1.95. The van der Waals surface area contributed by atoms with Crippen molar-refractivity contribution >= 4 is 11.7 Å². The summed E-state index contributed by atoms with van der Waals surface area (Å²) in [6.07, 6.45) is 4.66. The second kappa shape index (κ2) is 2.77. The Hall–Kier alpha value is -1.06. The highest BCUT2D eigenvalue weighted by molar-refractivity contribution is 6.37. The monoisotopic (exact) mass is 167 g/mol. The van der Waals surface area contributed by atoms with Crippen LogP contribution in [0.25, 0.3) is 0 Å². The van der Waals surface area contributed by atoms with E-state index in [0.717, 1.165) is 12.8 Å². The molecule has 0 spiro atoms. The fourth-order valence-corrected chi connectivity index (χ4v) is 1.95. The van der Waals surface area contributed by atoms with Crippen LogP contribution in [-0.4, -0.2) is 23.8 Å². The van der Waals surface area contributed by atoms with Crippen molar-refractivity contribution in [3.63, 3.8) is 0 Å². The van der Waals surface area contributed by atoms with E-state index in [9.17, 15) is 4.79 Å². The standard InChI is InChI=1S/C8H13N3O/c9-7(12)8-10-5-3-1-2-4-6(5)11-8/h5-6H,1-4H2,(H2,9,12)(H,10,11). The summed E-state index contributed by atoms with van der Waals surface area (Å²) in [7, 11) is 0. The van der Waals surface area contributed by atoms with Crippen LogP contribution in [0.5, 0.6) is 0 Å². The lowest BCUT2D eigenvalue weighted by Gasteiger charge is -2.22. The molecule has 0 saturated heterocycles. The van der Waals surface area contributed by atoms with E-state index in [-0.39, 0.29) is 0 Å². The van der Waals surface area contributed by atoms with Crippen LogP contribution in [0.4, 0.5) is 0 Å². The van der Waals surface area contributed by atoms with Crippen LogP contribution in [0.3, 0.4) is 0 Å². The quantitative estimate of drug-likeness (QED) is 0.567. The number of carbonyl (C=O) groups is 1. The van der Waals surface area contributed by atoms with E-state index in [0.29, 0.717) is 17.9 Å². The van der Waals surface area contributed by atoms with Gasteiger partial charge in [-0.05, 0) is 12.8 Å². The molecule has 2 unspecified atom stereocenters. The molecule has 1 fully saturated rings. The molecular formula is C8H13N3O. The summed E-state index contributed by atoms with van der Waals surface area (Å²) in [5, 5.41) is 3.07. The van der Waals surface area contributed by atoms with Crippen LogP contribution in [0, 0.1) is 0 Å². The lowest BCUT2D eigenvalue weighted by atomic mass is 9.92. The topological polar surface area (TPSA) is 67.5 Å². The van der Waals surface area contributed by atoms with Crippen molar-refractivity contribution in [2.24, 2.45) is 10.7 Å². The van der Waals surface area contributed by atoms with E-state index in [2.05, 4.69) is 10.3 Å². The van der Waals surface area contributed by atoms with Crippen LogP contribution in [-0.2, 0) is 4.79 Å². The van der Waals surface area contributed by atoms with Crippen LogP contribution in [0.15, 0.2) is 4.99 Å². The molecule has 4 nitrogen and oxygen atoms in total. The fraction of sp³-hybridized carbons (Fsp3) is 0.750. The maximum Gasteiger partial charge on any atom is 0.283 e. The van der Waals surface area contributed by atoms with Gasteiger partial charge in [0, 0.05) is 0 Å². The van der Waals surface area contributed by atoms with Crippen molar-refractivity contribution in [1.82, 2.24) is 5.32 Å². The molecule has 0 aromatic carbocycles. The van der Waals surface area contributed by atoms with E-state index in [1.54, 1.807) is 0 Å². The summed E-state index contributed by atoms with van der Waals surface area (Å²) in [6, 6.07) is 0.683. The largest absolute Gasteiger partial charge is 0.363 e. The molecule has 1 saturated carbocycles. The van der Waals surface area contributed by atoms with Gasteiger partial charge in [-0.3, -0.25) is 9.79 Å². The Morgan fingerprint density at radius 2 is 2.25 bits per heavy atom. The number of amides is 1. The van der Waals surface area contributed by atoms with E-state index in [1.165, 1.54) is 12.8 Å². The average Bonchev–Trinajstić information content (AvgIpc) is 2.46. The van der Waals surface area contributed by atoms with E-state index in [4.69, 9.17) is 5.73 Å². The highest BCUT2D eigenvalue weighted by atomic mass is 16.1. The first-order valence-corrected chi connectivity index (χ1v) is 4.41. The summed E-state index contributed by atoms with van der Waals surface area (Å²) in [5.41, 5.74) is 5.12. The van der Waals surface area contributed by atoms with Gasteiger partial charge in [-0.25, -0.2) is 0 Å². The van der Waals surface area contributed by atoms with Gasteiger partial charge in [0.1, 0.15) is 0 Å². The Morgan fingerprint density at radius 3 is 2.92 bits per heavy atom. The highest BCUT2D eigenvalue weighted by Gasteiger charge is 2.32. The maximum absolute atomic E-state index is 10.8. The molecule has 0 aromatic rings. The van der Waals surface area contributed by atoms with E-state index in [1.807, 2.05) is 0 Å². The third-order valence-corrected chi connectivity index (χ3v) is 2.58. The molecule has 2 rings (SSSR count). The lowest BCUT2D eigenvalue weighted by molar-refractivity contribution is -0.112. The van der Waals surface area contributed by atoms with Crippen molar-refractivity contribution < 1.29 is 4.79 Å². The summed E-state index contributed by atoms with van der Waals surface area (Å²) in [6.45, 7) is 0. The second-order valence-corrected chi connectivity index (χ2v) is 3.44. The number of rotatable bonds is 1. The molecule has 1 amide bonds. The molecule has 1 heterocycles. The number of primary amides is 1. The molecule has 1 aliphatic carbocycles. The minimum absolute atomic E-state index is 0.307. The van der Waals surface area contributed by atoms with Gasteiger partial charge in [-0.1, -0.05) is 12.8 Å². The third-order valence-electron chi connectivity index (χ3n) is 2.58. The zero-order chi connectivity index (χ0) is 8.55. The average molecular weight is 167 g/mol. The van der Waals surface area contributed by atoms with Crippen molar-refractivity contribution in [2.45, 2.75) is 37.8 Å². The Morgan fingerprint density at radius 1 is 1.50 bits per heavy atom. The summed E-state index contributed by atoms with van der Waals surface area (Å²) in [4.78, 5) is 15.0. The molecule has 0 aromatic heterocycles. The van der Waals surface area contributed by atoms with Crippen molar-refractivity contribution in [2.75, 3.05) is 0 Å². The molecule has 2 atom stereocenters. The minimum atomic E-state index is -0.426. The first kappa shape index (κ1) is 7.58. The van der Waals surface area contributed by atoms with E-state index < -0.39 is 5.91 Å². The molecule has 66 valence electrons. The van der Waals surface area contributed by atoms with Crippen LogP contribution < -0.4 is 11.1 Å². The van der Waals surface area contributed by atoms with Crippen molar-refractivity contribution in [3.05, 3.63) is 0 Å². The predicted octanol–water partition coefficient (Wildman–Crippen LogP) is -0.215. The van der Waals surface area contributed by atoms with Gasteiger partial charge in [0.2, 0.25) is 0 Å². The summed E-state index contributed by atoms with van der Waals surface area (Å²) >= 11 is 0. The Bertz CT molecular complexity index is 236.